The molecule has 0 fully saturated rings. The van der Waals surface area contributed by atoms with E-state index in [9.17, 15) is 9.59 Å². The Labute approximate surface area is 149 Å². The molecule has 0 atom stereocenters. The van der Waals surface area contributed by atoms with Crippen molar-refractivity contribution in [2.75, 3.05) is 13.7 Å². The molecule has 0 radical (unpaired) electrons. The highest BCUT2D eigenvalue weighted by molar-refractivity contribution is 6.12. The largest absolute Gasteiger partial charge is 0.493 e. The van der Waals surface area contributed by atoms with Crippen LogP contribution < -0.4 is 15.2 Å². The van der Waals surface area contributed by atoms with Gasteiger partial charge in [0.1, 0.15) is 0 Å². The lowest BCUT2D eigenvalue weighted by atomic mass is 10.1. The second-order valence-corrected chi connectivity index (χ2v) is 5.37. The SMILES string of the molecule is COc1ccc(C=C2N=C(c3ccccc3)OC2=O)cc1OCC(N)=O. The fourth-order valence-electron chi connectivity index (χ4n) is 2.32. The summed E-state index contributed by atoms with van der Waals surface area (Å²) in [5, 5.41) is 0. The van der Waals surface area contributed by atoms with Gasteiger partial charge < -0.3 is 19.9 Å². The van der Waals surface area contributed by atoms with E-state index in [-0.39, 0.29) is 18.2 Å². The summed E-state index contributed by atoms with van der Waals surface area (Å²) in [6.07, 6.45) is 1.56. The van der Waals surface area contributed by atoms with E-state index in [1.54, 1.807) is 36.4 Å². The molecule has 0 saturated carbocycles. The quantitative estimate of drug-likeness (QED) is 0.632. The van der Waals surface area contributed by atoms with E-state index in [0.29, 0.717) is 22.6 Å². The standard InChI is InChI=1S/C19H16N2O5/c1-24-15-8-7-12(10-16(15)25-11-17(20)22)9-14-19(23)26-18(21-14)13-5-3-2-4-6-13/h2-10H,11H2,1H3,(H2,20,22). The number of primary amides is 1. The average molecular weight is 352 g/mol. The van der Waals surface area contributed by atoms with E-state index in [2.05, 4.69) is 4.99 Å². The lowest BCUT2D eigenvalue weighted by molar-refractivity contribution is -0.130. The van der Waals surface area contributed by atoms with E-state index < -0.39 is 11.9 Å². The molecule has 1 aliphatic heterocycles. The number of nitrogens with two attached hydrogens (primary N) is 1. The van der Waals surface area contributed by atoms with Gasteiger partial charge in [0.25, 0.3) is 5.91 Å². The Bertz CT molecular complexity index is 903. The molecular formula is C19H16N2O5. The number of esters is 1. The predicted octanol–water partition coefficient (Wildman–Crippen LogP) is 1.90. The highest BCUT2D eigenvalue weighted by Crippen LogP contribution is 2.29. The van der Waals surface area contributed by atoms with Crippen molar-refractivity contribution in [3.05, 3.63) is 65.4 Å². The van der Waals surface area contributed by atoms with Crippen LogP contribution in [-0.4, -0.2) is 31.5 Å². The number of benzene rings is 2. The molecule has 7 heteroatoms. The number of aliphatic imine (C=N–C) groups is 1. The van der Waals surface area contributed by atoms with Crippen molar-refractivity contribution in [2.24, 2.45) is 10.7 Å². The maximum Gasteiger partial charge on any atom is 0.363 e. The highest BCUT2D eigenvalue weighted by atomic mass is 16.6. The summed E-state index contributed by atoms with van der Waals surface area (Å²) in [6, 6.07) is 14.1. The van der Waals surface area contributed by atoms with E-state index in [1.165, 1.54) is 7.11 Å². The Hall–Kier alpha value is -3.61. The monoisotopic (exact) mass is 352 g/mol. The molecule has 3 rings (SSSR count). The molecule has 0 aliphatic carbocycles. The molecule has 7 nitrogen and oxygen atoms in total. The fraction of sp³-hybridized carbons (Fsp3) is 0.105. The summed E-state index contributed by atoms with van der Waals surface area (Å²) in [5.41, 5.74) is 6.60. The molecular weight excluding hydrogens is 336 g/mol. The Balaban J connectivity index is 1.89. The van der Waals surface area contributed by atoms with Gasteiger partial charge in [-0.15, -0.1) is 0 Å². The van der Waals surface area contributed by atoms with Gasteiger partial charge in [-0.25, -0.2) is 9.79 Å². The first-order valence-electron chi connectivity index (χ1n) is 7.74. The van der Waals surface area contributed by atoms with E-state index >= 15 is 0 Å². The first kappa shape index (κ1) is 17.2. The average Bonchev–Trinajstić information content (AvgIpc) is 3.01. The summed E-state index contributed by atoms with van der Waals surface area (Å²) < 4.78 is 15.7. The van der Waals surface area contributed by atoms with Crippen molar-refractivity contribution < 1.29 is 23.8 Å². The number of amides is 1. The van der Waals surface area contributed by atoms with E-state index in [1.807, 2.05) is 18.2 Å². The molecule has 0 unspecified atom stereocenters. The lowest BCUT2D eigenvalue weighted by Gasteiger charge is -2.10. The van der Waals surface area contributed by atoms with Gasteiger partial charge in [0.05, 0.1) is 7.11 Å². The van der Waals surface area contributed by atoms with Gasteiger partial charge in [-0.05, 0) is 35.9 Å². The molecule has 0 saturated heterocycles. The van der Waals surface area contributed by atoms with Gasteiger partial charge in [-0.3, -0.25) is 4.79 Å². The van der Waals surface area contributed by atoms with Crippen LogP contribution in [-0.2, 0) is 14.3 Å². The third-order valence-corrected chi connectivity index (χ3v) is 3.50. The zero-order valence-electron chi connectivity index (χ0n) is 14.0. The zero-order chi connectivity index (χ0) is 18.5. The van der Waals surface area contributed by atoms with Crippen LogP contribution in [0.5, 0.6) is 11.5 Å². The van der Waals surface area contributed by atoms with Crippen molar-refractivity contribution in [3.8, 4) is 11.5 Å². The number of hydrogen-bond donors (Lipinski definition) is 1. The molecule has 0 aromatic heterocycles. The summed E-state index contributed by atoms with van der Waals surface area (Å²) in [5.74, 6) is -0.123. The number of rotatable bonds is 6. The second kappa shape index (κ2) is 7.52. The van der Waals surface area contributed by atoms with Crippen molar-refractivity contribution in [1.82, 2.24) is 0 Å². The van der Waals surface area contributed by atoms with E-state index in [0.717, 1.165) is 0 Å². The van der Waals surface area contributed by atoms with Crippen LogP contribution in [0.15, 0.2) is 59.2 Å². The van der Waals surface area contributed by atoms with Crippen molar-refractivity contribution in [3.63, 3.8) is 0 Å². The van der Waals surface area contributed by atoms with Crippen LogP contribution in [0, 0.1) is 0 Å². The molecule has 0 bridgehead atoms. The Morgan fingerprint density at radius 1 is 1.19 bits per heavy atom. The van der Waals surface area contributed by atoms with Gasteiger partial charge in [-0.1, -0.05) is 24.3 Å². The molecule has 26 heavy (non-hydrogen) atoms. The number of carbonyl (C=O) groups is 2. The van der Waals surface area contributed by atoms with Crippen molar-refractivity contribution in [1.29, 1.82) is 0 Å². The molecule has 1 aliphatic rings. The van der Waals surface area contributed by atoms with Crippen LogP contribution in [0.4, 0.5) is 0 Å². The van der Waals surface area contributed by atoms with Crippen LogP contribution >= 0.6 is 0 Å². The molecule has 0 spiro atoms. The Morgan fingerprint density at radius 3 is 2.65 bits per heavy atom. The molecule has 2 N–H and O–H groups in total. The van der Waals surface area contributed by atoms with Crippen molar-refractivity contribution >= 4 is 23.9 Å². The van der Waals surface area contributed by atoms with Gasteiger partial charge in [0.2, 0.25) is 5.90 Å². The Morgan fingerprint density at radius 2 is 1.96 bits per heavy atom. The summed E-state index contributed by atoms with van der Waals surface area (Å²) in [6.45, 7) is -0.283. The number of ether oxygens (including phenoxy) is 3. The normalized spacial score (nSPS) is 14.7. The van der Waals surface area contributed by atoms with Crippen LogP contribution in [0.2, 0.25) is 0 Å². The van der Waals surface area contributed by atoms with Crippen LogP contribution in [0.1, 0.15) is 11.1 Å². The smallest absolute Gasteiger partial charge is 0.363 e. The highest BCUT2D eigenvalue weighted by Gasteiger charge is 2.24. The molecule has 1 amide bonds. The van der Waals surface area contributed by atoms with Crippen LogP contribution in [0.3, 0.4) is 0 Å². The van der Waals surface area contributed by atoms with Gasteiger partial charge in [0.15, 0.2) is 23.8 Å². The second-order valence-electron chi connectivity index (χ2n) is 5.37. The third-order valence-electron chi connectivity index (χ3n) is 3.50. The number of cyclic esters (lactones) is 1. The minimum atomic E-state index is -0.604. The summed E-state index contributed by atoms with van der Waals surface area (Å²) in [7, 11) is 1.48. The number of carbonyl (C=O) groups excluding carboxylic acids is 2. The maximum atomic E-state index is 12.1. The number of nitrogens with zero attached hydrogens (tertiary/aromatic N) is 1. The van der Waals surface area contributed by atoms with Gasteiger partial charge in [-0.2, -0.15) is 0 Å². The van der Waals surface area contributed by atoms with E-state index in [4.69, 9.17) is 19.9 Å². The fourth-order valence-corrected chi connectivity index (χ4v) is 2.32. The third kappa shape index (κ3) is 3.89. The van der Waals surface area contributed by atoms with Crippen molar-refractivity contribution in [2.45, 2.75) is 0 Å². The number of methoxy groups -OCH3 is 1. The number of hydrogen-bond acceptors (Lipinski definition) is 6. The molecule has 2 aromatic rings. The molecule has 1 heterocycles. The van der Waals surface area contributed by atoms with Gasteiger partial charge in [0, 0.05) is 5.56 Å². The summed E-state index contributed by atoms with van der Waals surface area (Å²) in [4.78, 5) is 27.2. The molecule has 2 aromatic carbocycles. The zero-order valence-corrected chi connectivity index (χ0v) is 14.0. The minimum absolute atomic E-state index is 0.162. The topological polar surface area (TPSA) is 100 Å². The minimum Gasteiger partial charge on any atom is -0.493 e. The first-order chi connectivity index (χ1) is 12.6. The van der Waals surface area contributed by atoms with Gasteiger partial charge >= 0.3 is 5.97 Å². The predicted molar refractivity (Wildman–Crippen MR) is 94.7 cm³/mol. The Kier molecular flexibility index (Phi) is 4.98. The maximum absolute atomic E-state index is 12.1. The lowest BCUT2D eigenvalue weighted by Crippen LogP contribution is -2.20. The summed E-state index contributed by atoms with van der Waals surface area (Å²) >= 11 is 0. The molecule has 132 valence electrons. The first-order valence-corrected chi connectivity index (χ1v) is 7.74. The van der Waals surface area contributed by atoms with Crippen LogP contribution in [0.25, 0.3) is 6.08 Å².